The number of hydrogen-bond donors (Lipinski definition) is 1. The predicted molar refractivity (Wildman–Crippen MR) is 145 cm³/mol. The number of aliphatic hydroxyl groups is 1. The Kier molecular flexibility index (Phi) is 9.04. The van der Waals surface area contributed by atoms with E-state index in [1.165, 1.54) is 30.3 Å². The fourth-order valence-corrected chi connectivity index (χ4v) is 4.25. The minimum Gasteiger partial charge on any atom is -0.491 e. The third-order valence-electron chi connectivity index (χ3n) is 5.60. The van der Waals surface area contributed by atoms with E-state index in [0.717, 1.165) is 5.56 Å². The SMILES string of the molecule is Cc1cc(OC[C@H](O)CN(C)C)ccc1-c1nnc(Cc2ccc(Cl)c(Oc3cc(Cl)cc(C#N)c3)c2F)o1. The number of nitrogens with zero attached hydrogens (tertiary/aromatic N) is 4. The summed E-state index contributed by atoms with van der Waals surface area (Å²) in [4.78, 5) is 1.88. The van der Waals surface area contributed by atoms with Gasteiger partial charge in [0.05, 0.1) is 23.1 Å². The Morgan fingerprint density at radius 2 is 1.90 bits per heavy atom. The van der Waals surface area contributed by atoms with Crippen molar-refractivity contribution in [1.29, 1.82) is 5.26 Å². The lowest BCUT2D eigenvalue weighted by molar-refractivity contribution is 0.0831. The molecule has 1 aromatic heterocycles. The molecule has 1 heterocycles. The lowest BCUT2D eigenvalue weighted by Gasteiger charge is -2.16. The molecule has 1 N–H and O–H groups in total. The molecule has 0 aliphatic rings. The Balaban J connectivity index is 1.49. The van der Waals surface area contributed by atoms with Crippen LogP contribution < -0.4 is 9.47 Å². The van der Waals surface area contributed by atoms with Gasteiger partial charge in [0.25, 0.3) is 0 Å². The highest BCUT2D eigenvalue weighted by molar-refractivity contribution is 6.32. The van der Waals surface area contributed by atoms with Gasteiger partial charge >= 0.3 is 0 Å². The van der Waals surface area contributed by atoms with Crippen LogP contribution in [-0.2, 0) is 6.42 Å². The van der Waals surface area contributed by atoms with Crippen LogP contribution in [0.1, 0.15) is 22.6 Å². The summed E-state index contributed by atoms with van der Waals surface area (Å²) in [6.07, 6.45) is -0.617. The molecule has 4 aromatic rings. The first-order valence-corrected chi connectivity index (χ1v) is 12.6. The fraction of sp³-hybridized carbons (Fsp3) is 0.250. The van der Waals surface area contributed by atoms with Crippen molar-refractivity contribution >= 4 is 23.2 Å². The normalized spacial score (nSPS) is 11.9. The largest absolute Gasteiger partial charge is 0.491 e. The lowest BCUT2D eigenvalue weighted by Crippen LogP contribution is -2.30. The molecule has 39 heavy (non-hydrogen) atoms. The maximum Gasteiger partial charge on any atom is 0.248 e. The summed E-state index contributed by atoms with van der Waals surface area (Å²) in [7, 11) is 3.75. The van der Waals surface area contributed by atoms with Gasteiger partial charge in [-0.05, 0) is 69.0 Å². The highest BCUT2D eigenvalue weighted by atomic mass is 35.5. The summed E-state index contributed by atoms with van der Waals surface area (Å²) in [5.41, 5.74) is 2.02. The van der Waals surface area contributed by atoms with Gasteiger partial charge in [0.2, 0.25) is 11.8 Å². The molecule has 0 spiro atoms. The third kappa shape index (κ3) is 7.25. The fourth-order valence-electron chi connectivity index (χ4n) is 3.84. The molecule has 0 radical (unpaired) electrons. The highest BCUT2D eigenvalue weighted by Gasteiger charge is 2.19. The van der Waals surface area contributed by atoms with Crippen molar-refractivity contribution in [3.05, 3.63) is 87.0 Å². The molecular formula is C28H25Cl2FN4O4. The van der Waals surface area contributed by atoms with Crippen molar-refractivity contribution in [2.45, 2.75) is 19.4 Å². The number of nitriles is 1. The van der Waals surface area contributed by atoms with Crippen molar-refractivity contribution in [2.24, 2.45) is 0 Å². The van der Waals surface area contributed by atoms with Crippen LogP contribution in [0.2, 0.25) is 10.0 Å². The Bertz CT molecular complexity index is 1520. The molecule has 8 nitrogen and oxygen atoms in total. The Morgan fingerprint density at radius 3 is 2.62 bits per heavy atom. The Hall–Kier alpha value is -3.68. The molecule has 11 heteroatoms. The molecule has 3 aromatic carbocycles. The number of aryl methyl sites for hydroxylation is 1. The van der Waals surface area contributed by atoms with E-state index < -0.39 is 11.9 Å². The van der Waals surface area contributed by atoms with Crippen molar-refractivity contribution in [3.63, 3.8) is 0 Å². The summed E-state index contributed by atoms with van der Waals surface area (Å²) >= 11 is 12.2. The van der Waals surface area contributed by atoms with Gasteiger partial charge in [0, 0.05) is 22.7 Å². The van der Waals surface area contributed by atoms with Crippen LogP contribution in [0.15, 0.2) is 52.9 Å². The first kappa shape index (κ1) is 28.3. The van der Waals surface area contributed by atoms with Gasteiger partial charge in [-0.3, -0.25) is 0 Å². The molecule has 0 amide bonds. The van der Waals surface area contributed by atoms with Gasteiger partial charge < -0.3 is 23.9 Å². The van der Waals surface area contributed by atoms with Gasteiger partial charge in [0.15, 0.2) is 11.6 Å². The number of halogens is 3. The van der Waals surface area contributed by atoms with Crippen molar-refractivity contribution in [2.75, 3.05) is 27.2 Å². The number of likely N-dealkylation sites (N-methyl/N-ethyl adjacent to an activating group) is 1. The standard InChI is InChI=1S/C28H25Cl2FN4O4/c1-16-8-21(37-15-20(36)14-35(2)3)5-6-23(16)28-34-33-25(39-28)11-18-4-7-24(30)27(26(18)31)38-22-10-17(13-32)9-19(29)12-22/h4-10,12,20,36H,11,14-15H2,1-3H3/t20-/m1/s1. The summed E-state index contributed by atoms with van der Waals surface area (Å²) in [6.45, 7) is 2.53. The second-order valence-electron chi connectivity index (χ2n) is 9.12. The topological polar surface area (TPSA) is 105 Å². The molecule has 0 unspecified atom stereocenters. The molecule has 0 aliphatic carbocycles. The Morgan fingerprint density at radius 1 is 1.10 bits per heavy atom. The van der Waals surface area contributed by atoms with E-state index in [4.69, 9.17) is 42.4 Å². The molecular weight excluding hydrogens is 546 g/mol. The average molecular weight is 571 g/mol. The van der Waals surface area contributed by atoms with E-state index in [0.29, 0.717) is 17.9 Å². The number of rotatable bonds is 10. The zero-order chi connectivity index (χ0) is 28.1. The summed E-state index contributed by atoms with van der Waals surface area (Å²) in [5, 5.41) is 27.7. The van der Waals surface area contributed by atoms with E-state index >= 15 is 4.39 Å². The van der Waals surface area contributed by atoms with E-state index in [1.807, 2.05) is 38.1 Å². The van der Waals surface area contributed by atoms with Crippen LogP contribution in [0.4, 0.5) is 4.39 Å². The molecule has 0 fully saturated rings. The molecule has 0 saturated heterocycles. The summed E-state index contributed by atoms with van der Waals surface area (Å²) in [6, 6.07) is 14.7. The Labute approximate surface area is 235 Å². The minimum atomic E-state index is -0.699. The zero-order valence-electron chi connectivity index (χ0n) is 21.4. The molecule has 0 bridgehead atoms. The second kappa shape index (κ2) is 12.5. The van der Waals surface area contributed by atoms with Crippen molar-refractivity contribution in [1.82, 2.24) is 15.1 Å². The lowest BCUT2D eigenvalue weighted by atomic mass is 10.1. The highest BCUT2D eigenvalue weighted by Crippen LogP contribution is 2.36. The quantitative estimate of drug-likeness (QED) is 0.246. The van der Waals surface area contributed by atoms with Gasteiger partial charge in [-0.25, -0.2) is 4.39 Å². The van der Waals surface area contributed by atoms with Crippen molar-refractivity contribution < 1.29 is 23.4 Å². The predicted octanol–water partition coefficient (Wildman–Crippen LogP) is 6.05. The second-order valence-corrected chi connectivity index (χ2v) is 9.96. The first-order valence-electron chi connectivity index (χ1n) is 11.9. The number of benzene rings is 3. The van der Waals surface area contributed by atoms with Gasteiger partial charge in [0.1, 0.15) is 24.2 Å². The third-order valence-corrected chi connectivity index (χ3v) is 6.12. The maximum atomic E-state index is 15.4. The number of hydrogen-bond acceptors (Lipinski definition) is 8. The van der Waals surface area contributed by atoms with Crippen molar-refractivity contribution in [3.8, 4) is 34.8 Å². The van der Waals surface area contributed by atoms with E-state index in [9.17, 15) is 5.11 Å². The number of aliphatic hydroxyl groups excluding tert-OH is 1. The van der Waals surface area contributed by atoms with Crippen LogP contribution in [0, 0.1) is 24.1 Å². The molecule has 0 aliphatic heterocycles. The summed E-state index contributed by atoms with van der Waals surface area (Å²) in [5.74, 6) is 0.337. The molecule has 4 rings (SSSR count). The average Bonchev–Trinajstić information content (AvgIpc) is 3.34. The van der Waals surface area contributed by atoms with Gasteiger partial charge in [-0.2, -0.15) is 5.26 Å². The molecule has 0 saturated carbocycles. The first-order chi connectivity index (χ1) is 18.6. The van der Waals surface area contributed by atoms with Crippen LogP contribution in [0.25, 0.3) is 11.5 Å². The monoisotopic (exact) mass is 570 g/mol. The molecule has 1 atom stereocenters. The van der Waals surface area contributed by atoms with Crippen LogP contribution >= 0.6 is 23.2 Å². The maximum absolute atomic E-state index is 15.4. The van der Waals surface area contributed by atoms with E-state index in [1.54, 1.807) is 12.1 Å². The summed E-state index contributed by atoms with van der Waals surface area (Å²) < 4.78 is 32.6. The van der Waals surface area contributed by atoms with E-state index in [-0.39, 0.29) is 57.5 Å². The smallest absolute Gasteiger partial charge is 0.248 e. The van der Waals surface area contributed by atoms with Gasteiger partial charge in [-0.15, -0.1) is 10.2 Å². The number of ether oxygens (including phenoxy) is 2. The minimum absolute atomic E-state index is 0.00460. The van der Waals surface area contributed by atoms with E-state index in [2.05, 4.69) is 10.2 Å². The van der Waals surface area contributed by atoms with Gasteiger partial charge in [-0.1, -0.05) is 29.3 Å². The number of aromatic nitrogens is 2. The van der Waals surface area contributed by atoms with Crippen LogP contribution in [0.5, 0.6) is 17.2 Å². The van der Waals surface area contributed by atoms with Crippen LogP contribution in [-0.4, -0.2) is 53.6 Å². The zero-order valence-corrected chi connectivity index (χ0v) is 22.9. The molecule has 202 valence electrons. The van der Waals surface area contributed by atoms with Crippen LogP contribution in [0.3, 0.4) is 0 Å².